The standard InChI is InChI=1S/C16H22N2O6/c1-10(2)13(14(20)17-12(8-19)15(21)22)18-16(23)24-9-11-6-4-3-5-7-11/h3-7,10,12-13,19H,8-9H2,1-2H3,(H,17,20)(H,18,23)(H,21,22)/t12-,13-/m0/s1. The predicted octanol–water partition coefficient (Wildman–Crippen LogP) is 0.499. The number of rotatable bonds is 8. The number of benzene rings is 1. The molecular formula is C16H22N2O6. The van der Waals surface area contributed by atoms with Gasteiger partial charge >= 0.3 is 12.1 Å². The number of hydrogen-bond acceptors (Lipinski definition) is 5. The number of ether oxygens (including phenoxy) is 1. The second kappa shape index (κ2) is 9.51. The van der Waals surface area contributed by atoms with E-state index in [2.05, 4.69) is 10.6 Å². The van der Waals surface area contributed by atoms with Gasteiger partial charge in [-0.3, -0.25) is 4.79 Å². The van der Waals surface area contributed by atoms with E-state index in [9.17, 15) is 14.4 Å². The molecule has 2 atom stereocenters. The van der Waals surface area contributed by atoms with E-state index < -0.39 is 36.7 Å². The van der Waals surface area contributed by atoms with Gasteiger partial charge in [0.2, 0.25) is 5.91 Å². The summed E-state index contributed by atoms with van der Waals surface area (Å²) in [5.74, 6) is -2.37. The fraction of sp³-hybridized carbons (Fsp3) is 0.438. The van der Waals surface area contributed by atoms with E-state index in [1.807, 2.05) is 18.2 Å². The second-order valence-electron chi connectivity index (χ2n) is 5.51. The quantitative estimate of drug-likeness (QED) is 0.547. The molecule has 0 unspecified atom stereocenters. The van der Waals surface area contributed by atoms with Crippen LogP contribution in [-0.4, -0.2) is 46.9 Å². The molecule has 0 saturated heterocycles. The molecule has 24 heavy (non-hydrogen) atoms. The molecule has 0 aromatic heterocycles. The zero-order valence-corrected chi connectivity index (χ0v) is 13.6. The van der Waals surface area contributed by atoms with Crippen molar-refractivity contribution in [2.24, 2.45) is 5.92 Å². The first-order valence-electron chi connectivity index (χ1n) is 7.46. The highest BCUT2D eigenvalue weighted by Gasteiger charge is 2.28. The zero-order chi connectivity index (χ0) is 18.1. The van der Waals surface area contributed by atoms with E-state index >= 15 is 0 Å². The van der Waals surface area contributed by atoms with Gasteiger partial charge in [0, 0.05) is 0 Å². The van der Waals surface area contributed by atoms with Gasteiger partial charge in [-0.2, -0.15) is 0 Å². The van der Waals surface area contributed by atoms with Crippen LogP contribution in [0.15, 0.2) is 30.3 Å². The maximum absolute atomic E-state index is 12.1. The summed E-state index contributed by atoms with van der Waals surface area (Å²) in [4.78, 5) is 34.8. The monoisotopic (exact) mass is 338 g/mol. The van der Waals surface area contributed by atoms with Crippen LogP contribution < -0.4 is 10.6 Å². The third kappa shape index (κ3) is 6.25. The Morgan fingerprint density at radius 1 is 1.12 bits per heavy atom. The average Bonchev–Trinajstić information content (AvgIpc) is 2.55. The van der Waals surface area contributed by atoms with Crippen molar-refractivity contribution in [1.29, 1.82) is 0 Å². The maximum Gasteiger partial charge on any atom is 0.408 e. The molecule has 132 valence electrons. The minimum Gasteiger partial charge on any atom is -0.480 e. The van der Waals surface area contributed by atoms with Crippen molar-refractivity contribution in [3.05, 3.63) is 35.9 Å². The number of aliphatic hydroxyl groups excluding tert-OH is 1. The fourth-order valence-corrected chi connectivity index (χ4v) is 1.87. The van der Waals surface area contributed by atoms with Gasteiger partial charge < -0.3 is 25.6 Å². The van der Waals surface area contributed by atoms with Crippen molar-refractivity contribution < 1.29 is 29.3 Å². The Hall–Kier alpha value is -2.61. The molecule has 4 N–H and O–H groups in total. The van der Waals surface area contributed by atoms with Crippen molar-refractivity contribution in [3.63, 3.8) is 0 Å². The summed E-state index contributed by atoms with van der Waals surface area (Å²) in [5, 5.41) is 22.4. The van der Waals surface area contributed by atoms with E-state index in [0.29, 0.717) is 0 Å². The summed E-state index contributed by atoms with van der Waals surface area (Å²) in [7, 11) is 0. The Balaban J connectivity index is 2.59. The first kappa shape index (κ1) is 19.4. The highest BCUT2D eigenvalue weighted by molar-refractivity contribution is 5.89. The predicted molar refractivity (Wildman–Crippen MR) is 85.0 cm³/mol. The van der Waals surface area contributed by atoms with Crippen LogP contribution in [0.2, 0.25) is 0 Å². The van der Waals surface area contributed by atoms with Crippen molar-refractivity contribution in [2.45, 2.75) is 32.5 Å². The molecule has 0 bridgehead atoms. The molecule has 0 radical (unpaired) electrons. The van der Waals surface area contributed by atoms with Gasteiger partial charge in [0.05, 0.1) is 6.61 Å². The summed E-state index contributed by atoms with van der Waals surface area (Å²) in [6, 6.07) is 6.62. The Morgan fingerprint density at radius 3 is 2.25 bits per heavy atom. The highest BCUT2D eigenvalue weighted by atomic mass is 16.5. The number of aliphatic hydroxyl groups is 1. The number of alkyl carbamates (subject to hydrolysis) is 1. The second-order valence-corrected chi connectivity index (χ2v) is 5.51. The van der Waals surface area contributed by atoms with Crippen LogP contribution in [0, 0.1) is 5.92 Å². The van der Waals surface area contributed by atoms with Gasteiger partial charge in [0.15, 0.2) is 0 Å². The largest absolute Gasteiger partial charge is 0.480 e. The van der Waals surface area contributed by atoms with Crippen molar-refractivity contribution in [1.82, 2.24) is 10.6 Å². The molecule has 8 heteroatoms. The molecule has 0 spiro atoms. The van der Waals surface area contributed by atoms with Crippen LogP contribution in [-0.2, 0) is 20.9 Å². The fourth-order valence-electron chi connectivity index (χ4n) is 1.87. The maximum atomic E-state index is 12.1. The van der Waals surface area contributed by atoms with E-state index in [1.54, 1.807) is 26.0 Å². The molecule has 0 aliphatic carbocycles. The number of carboxylic acid groups (broad SMARTS) is 1. The Labute approximate surface area is 139 Å². The Kier molecular flexibility index (Phi) is 7.70. The van der Waals surface area contributed by atoms with Crippen molar-refractivity contribution in [3.8, 4) is 0 Å². The molecule has 0 saturated carbocycles. The first-order valence-corrected chi connectivity index (χ1v) is 7.46. The van der Waals surface area contributed by atoms with Gasteiger partial charge in [-0.15, -0.1) is 0 Å². The number of hydrogen-bond donors (Lipinski definition) is 4. The Morgan fingerprint density at radius 2 is 1.75 bits per heavy atom. The first-order chi connectivity index (χ1) is 11.3. The van der Waals surface area contributed by atoms with Gasteiger partial charge in [0.25, 0.3) is 0 Å². The third-order valence-electron chi connectivity index (χ3n) is 3.23. The van der Waals surface area contributed by atoms with Crippen LogP contribution in [0.25, 0.3) is 0 Å². The van der Waals surface area contributed by atoms with Gasteiger partial charge in [-0.25, -0.2) is 9.59 Å². The molecule has 0 heterocycles. The third-order valence-corrected chi connectivity index (χ3v) is 3.23. The number of nitrogens with one attached hydrogen (secondary N) is 2. The van der Waals surface area contributed by atoms with Crippen molar-refractivity contribution >= 4 is 18.0 Å². The van der Waals surface area contributed by atoms with Crippen LogP contribution >= 0.6 is 0 Å². The van der Waals surface area contributed by atoms with E-state index in [1.165, 1.54) is 0 Å². The minimum absolute atomic E-state index is 0.0491. The van der Waals surface area contributed by atoms with Gasteiger partial charge in [0.1, 0.15) is 18.7 Å². The molecular weight excluding hydrogens is 316 g/mol. The number of aliphatic carboxylic acids is 1. The molecule has 1 rings (SSSR count). The lowest BCUT2D eigenvalue weighted by Crippen LogP contribution is -2.54. The van der Waals surface area contributed by atoms with Gasteiger partial charge in [-0.05, 0) is 11.5 Å². The normalized spacial score (nSPS) is 13.0. The lowest BCUT2D eigenvalue weighted by atomic mass is 10.0. The molecule has 0 fully saturated rings. The van der Waals surface area contributed by atoms with E-state index in [4.69, 9.17) is 14.9 Å². The number of carboxylic acids is 1. The lowest BCUT2D eigenvalue weighted by Gasteiger charge is -2.23. The summed E-state index contributed by atoms with van der Waals surface area (Å²) >= 11 is 0. The molecule has 2 amide bonds. The average molecular weight is 338 g/mol. The molecule has 0 aliphatic heterocycles. The Bertz CT molecular complexity index is 561. The van der Waals surface area contributed by atoms with Crippen molar-refractivity contribution in [2.75, 3.05) is 6.61 Å². The van der Waals surface area contributed by atoms with Gasteiger partial charge in [-0.1, -0.05) is 44.2 Å². The van der Waals surface area contributed by atoms with Crippen LogP contribution in [0.5, 0.6) is 0 Å². The lowest BCUT2D eigenvalue weighted by molar-refractivity contribution is -0.143. The summed E-state index contributed by atoms with van der Waals surface area (Å²) < 4.78 is 5.04. The van der Waals surface area contributed by atoms with Crippen LogP contribution in [0.3, 0.4) is 0 Å². The summed E-state index contributed by atoms with van der Waals surface area (Å²) in [6.07, 6.45) is -0.788. The SMILES string of the molecule is CC(C)[C@H](NC(=O)OCc1ccccc1)C(=O)N[C@@H](CO)C(=O)O. The van der Waals surface area contributed by atoms with Crippen LogP contribution in [0.4, 0.5) is 4.79 Å². The topological polar surface area (TPSA) is 125 Å². The van der Waals surface area contributed by atoms with Crippen LogP contribution in [0.1, 0.15) is 19.4 Å². The number of amides is 2. The summed E-state index contributed by atoms with van der Waals surface area (Å²) in [6.45, 7) is 2.69. The molecule has 8 nitrogen and oxygen atoms in total. The molecule has 0 aliphatic rings. The molecule has 1 aromatic carbocycles. The number of carbonyl (C=O) groups excluding carboxylic acids is 2. The molecule has 1 aromatic rings. The minimum atomic E-state index is -1.43. The number of carbonyl (C=O) groups is 3. The van der Waals surface area contributed by atoms with E-state index in [-0.39, 0.29) is 12.5 Å². The zero-order valence-electron chi connectivity index (χ0n) is 13.6. The smallest absolute Gasteiger partial charge is 0.408 e. The summed E-state index contributed by atoms with van der Waals surface area (Å²) in [5.41, 5.74) is 0.796. The van der Waals surface area contributed by atoms with E-state index in [0.717, 1.165) is 5.56 Å². The highest BCUT2D eigenvalue weighted by Crippen LogP contribution is 2.05.